The number of hydrogen-bond donors (Lipinski definition) is 1. The molecule has 0 unspecified atom stereocenters. The number of piperidine rings is 1. The summed E-state index contributed by atoms with van der Waals surface area (Å²) in [6.45, 7) is 4.88. The summed E-state index contributed by atoms with van der Waals surface area (Å²) in [6, 6.07) is 1.71. The lowest BCUT2D eigenvalue weighted by atomic mass is 9.84. The standard InChI is InChI=1S/C13H26N2/c1-11-5-3-4-6-13(11)15(2)12-7-9-14-10-8-12/h11-14H,3-10H2,1-2H3/t11-,13+/m0/s1. The van der Waals surface area contributed by atoms with Gasteiger partial charge in [0.1, 0.15) is 0 Å². The molecule has 0 spiro atoms. The second kappa shape index (κ2) is 5.31. The van der Waals surface area contributed by atoms with E-state index in [-0.39, 0.29) is 0 Å². The Kier molecular flexibility index (Phi) is 4.04. The molecule has 1 aliphatic heterocycles. The highest BCUT2D eigenvalue weighted by Gasteiger charge is 2.29. The Balaban J connectivity index is 1.89. The fraction of sp³-hybridized carbons (Fsp3) is 1.00. The fourth-order valence-corrected chi connectivity index (χ4v) is 3.39. The van der Waals surface area contributed by atoms with Gasteiger partial charge in [-0.05, 0) is 51.7 Å². The van der Waals surface area contributed by atoms with Crippen LogP contribution >= 0.6 is 0 Å². The van der Waals surface area contributed by atoms with Crippen molar-refractivity contribution in [3.63, 3.8) is 0 Å². The molecule has 88 valence electrons. The Bertz CT molecular complexity index is 187. The summed E-state index contributed by atoms with van der Waals surface area (Å²) in [5, 5.41) is 3.46. The summed E-state index contributed by atoms with van der Waals surface area (Å²) in [4.78, 5) is 2.70. The number of hydrogen-bond acceptors (Lipinski definition) is 2. The molecule has 0 radical (unpaired) electrons. The van der Waals surface area contributed by atoms with E-state index in [2.05, 4.69) is 24.2 Å². The molecule has 1 saturated carbocycles. The predicted octanol–water partition coefficient (Wildman–Crippen LogP) is 2.25. The van der Waals surface area contributed by atoms with E-state index in [1.54, 1.807) is 0 Å². The molecule has 2 fully saturated rings. The second-order valence-corrected chi connectivity index (χ2v) is 5.48. The highest BCUT2D eigenvalue weighted by molar-refractivity contribution is 4.85. The van der Waals surface area contributed by atoms with Gasteiger partial charge in [-0.3, -0.25) is 0 Å². The van der Waals surface area contributed by atoms with Crippen molar-refractivity contribution in [3.8, 4) is 0 Å². The molecule has 2 rings (SSSR count). The summed E-state index contributed by atoms with van der Waals surface area (Å²) < 4.78 is 0. The van der Waals surface area contributed by atoms with Gasteiger partial charge >= 0.3 is 0 Å². The van der Waals surface area contributed by atoms with E-state index in [0.717, 1.165) is 18.0 Å². The Labute approximate surface area is 94.4 Å². The molecule has 2 aliphatic rings. The topological polar surface area (TPSA) is 15.3 Å². The molecule has 2 atom stereocenters. The maximum Gasteiger partial charge on any atom is 0.0121 e. The summed E-state index contributed by atoms with van der Waals surface area (Å²) in [5.74, 6) is 0.915. The normalized spacial score (nSPS) is 34.6. The van der Waals surface area contributed by atoms with Gasteiger partial charge < -0.3 is 10.2 Å². The first-order valence-corrected chi connectivity index (χ1v) is 6.71. The molecule has 1 N–H and O–H groups in total. The van der Waals surface area contributed by atoms with Crippen LogP contribution in [-0.4, -0.2) is 37.1 Å². The molecule has 0 aromatic carbocycles. The minimum Gasteiger partial charge on any atom is -0.317 e. The van der Waals surface area contributed by atoms with Crippen molar-refractivity contribution in [2.45, 2.75) is 57.5 Å². The SMILES string of the molecule is C[C@H]1CCCC[C@H]1N(C)C1CCNCC1. The molecule has 2 nitrogen and oxygen atoms in total. The van der Waals surface area contributed by atoms with Crippen LogP contribution in [0.25, 0.3) is 0 Å². The van der Waals surface area contributed by atoms with Gasteiger partial charge in [0.25, 0.3) is 0 Å². The molecule has 0 aromatic rings. The summed E-state index contributed by atoms with van der Waals surface area (Å²) in [7, 11) is 2.36. The monoisotopic (exact) mass is 210 g/mol. The number of rotatable bonds is 2. The third-order valence-electron chi connectivity index (χ3n) is 4.47. The van der Waals surface area contributed by atoms with Crippen LogP contribution in [0.2, 0.25) is 0 Å². The fourth-order valence-electron chi connectivity index (χ4n) is 3.39. The Morgan fingerprint density at radius 2 is 1.67 bits per heavy atom. The van der Waals surface area contributed by atoms with Crippen molar-refractivity contribution in [1.29, 1.82) is 0 Å². The molecule has 1 heterocycles. The zero-order chi connectivity index (χ0) is 10.7. The Hall–Kier alpha value is -0.0800. The maximum atomic E-state index is 3.46. The van der Waals surface area contributed by atoms with Crippen molar-refractivity contribution in [2.24, 2.45) is 5.92 Å². The summed E-state index contributed by atoms with van der Waals surface area (Å²) in [6.07, 6.45) is 8.48. The second-order valence-electron chi connectivity index (χ2n) is 5.48. The van der Waals surface area contributed by atoms with E-state index >= 15 is 0 Å². The van der Waals surface area contributed by atoms with Crippen LogP contribution in [0.1, 0.15) is 45.4 Å². The van der Waals surface area contributed by atoms with Crippen LogP contribution in [0.4, 0.5) is 0 Å². The van der Waals surface area contributed by atoms with Crippen molar-refractivity contribution >= 4 is 0 Å². The van der Waals surface area contributed by atoms with Crippen LogP contribution in [0.15, 0.2) is 0 Å². The van der Waals surface area contributed by atoms with Crippen LogP contribution in [0.5, 0.6) is 0 Å². The predicted molar refractivity (Wildman–Crippen MR) is 65.1 cm³/mol. The van der Waals surface area contributed by atoms with Gasteiger partial charge in [0.05, 0.1) is 0 Å². The highest BCUT2D eigenvalue weighted by Crippen LogP contribution is 2.29. The first-order chi connectivity index (χ1) is 7.29. The smallest absolute Gasteiger partial charge is 0.0121 e. The molecular formula is C13H26N2. The molecule has 1 aliphatic carbocycles. The average Bonchev–Trinajstić information content (AvgIpc) is 2.30. The van der Waals surface area contributed by atoms with E-state index in [9.17, 15) is 0 Å². The van der Waals surface area contributed by atoms with E-state index in [0.29, 0.717) is 0 Å². The third kappa shape index (κ3) is 2.73. The van der Waals surface area contributed by atoms with E-state index in [1.807, 2.05) is 0 Å². The zero-order valence-electron chi connectivity index (χ0n) is 10.3. The maximum absolute atomic E-state index is 3.46. The van der Waals surface area contributed by atoms with Gasteiger partial charge in [0.15, 0.2) is 0 Å². The van der Waals surface area contributed by atoms with Crippen LogP contribution in [0, 0.1) is 5.92 Å². The van der Waals surface area contributed by atoms with Gasteiger partial charge in [-0.15, -0.1) is 0 Å². The van der Waals surface area contributed by atoms with E-state index < -0.39 is 0 Å². The van der Waals surface area contributed by atoms with Crippen molar-refractivity contribution in [2.75, 3.05) is 20.1 Å². The molecular weight excluding hydrogens is 184 g/mol. The van der Waals surface area contributed by atoms with E-state index in [4.69, 9.17) is 0 Å². The van der Waals surface area contributed by atoms with E-state index in [1.165, 1.54) is 51.6 Å². The summed E-state index contributed by atoms with van der Waals surface area (Å²) >= 11 is 0. The van der Waals surface area contributed by atoms with Gasteiger partial charge in [-0.25, -0.2) is 0 Å². The van der Waals surface area contributed by atoms with Crippen LogP contribution in [-0.2, 0) is 0 Å². The third-order valence-corrected chi connectivity index (χ3v) is 4.47. The lowest BCUT2D eigenvalue weighted by Gasteiger charge is -2.42. The minimum atomic E-state index is 0.844. The Morgan fingerprint density at radius 1 is 1.00 bits per heavy atom. The zero-order valence-corrected chi connectivity index (χ0v) is 10.3. The van der Waals surface area contributed by atoms with Crippen molar-refractivity contribution < 1.29 is 0 Å². The van der Waals surface area contributed by atoms with Gasteiger partial charge in [0.2, 0.25) is 0 Å². The minimum absolute atomic E-state index is 0.844. The quantitative estimate of drug-likeness (QED) is 0.752. The molecule has 15 heavy (non-hydrogen) atoms. The molecule has 1 saturated heterocycles. The first kappa shape index (κ1) is 11.4. The van der Waals surface area contributed by atoms with Gasteiger partial charge in [0, 0.05) is 12.1 Å². The summed E-state index contributed by atoms with van der Waals surface area (Å²) in [5.41, 5.74) is 0. The molecule has 0 bridgehead atoms. The van der Waals surface area contributed by atoms with Crippen molar-refractivity contribution in [1.82, 2.24) is 10.2 Å². The molecule has 0 amide bonds. The molecule has 2 heteroatoms. The van der Waals surface area contributed by atoms with Crippen LogP contribution < -0.4 is 5.32 Å². The highest BCUT2D eigenvalue weighted by atomic mass is 15.2. The van der Waals surface area contributed by atoms with Crippen LogP contribution in [0.3, 0.4) is 0 Å². The van der Waals surface area contributed by atoms with Gasteiger partial charge in [-0.1, -0.05) is 19.8 Å². The molecule has 0 aromatic heterocycles. The van der Waals surface area contributed by atoms with Gasteiger partial charge in [-0.2, -0.15) is 0 Å². The average molecular weight is 210 g/mol. The lowest BCUT2D eigenvalue weighted by molar-refractivity contribution is 0.0807. The first-order valence-electron chi connectivity index (χ1n) is 6.71. The number of nitrogens with one attached hydrogen (secondary N) is 1. The Morgan fingerprint density at radius 3 is 2.33 bits per heavy atom. The largest absolute Gasteiger partial charge is 0.317 e. The van der Waals surface area contributed by atoms with Crippen molar-refractivity contribution in [3.05, 3.63) is 0 Å². The number of nitrogens with zero attached hydrogens (tertiary/aromatic N) is 1. The lowest BCUT2D eigenvalue weighted by Crippen LogP contribution is -2.48.